The van der Waals surface area contributed by atoms with Gasteiger partial charge in [-0.1, -0.05) is 29.3 Å². The average molecular weight is 393 g/mol. The Hall–Kier alpha value is -2.02. The Kier molecular flexibility index (Phi) is 6.19. The number of hydrogen-bond donors (Lipinski definition) is 3. The Morgan fingerprint density at radius 3 is 2.96 bits per heavy atom. The molecule has 1 fully saturated rings. The number of hydrogen-bond acceptors (Lipinski definition) is 6. The standard InChI is InChI=1S/C18H22Cl2N6/c1-12(19)18-25-16(23-15-7-4-8-22-11-15)10-17(26(18)21-2)24-14-6-3-5-13(20)9-14/h3,5-6,9-10,15,22,24H,2,4,7-8,11H2,1H3,(H,23,25)/b18-12+/t15-/m0/s1. The Morgan fingerprint density at radius 2 is 2.31 bits per heavy atom. The van der Waals surface area contributed by atoms with Gasteiger partial charge in [-0.25, -0.2) is 4.99 Å². The van der Waals surface area contributed by atoms with Gasteiger partial charge in [0.15, 0.2) is 5.82 Å². The van der Waals surface area contributed by atoms with Gasteiger partial charge < -0.3 is 16.0 Å². The molecule has 8 heteroatoms. The summed E-state index contributed by atoms with van der Waals surface area (Å²) in [5, 5.41) is 17.0. The molecule has 0 saturated carbocycles. The second-order valence-corrected chi connectivity index (χ2v) is 7.16. The van der Waals surface area contributed by atoms with E-state index in [-0.39, 0.29) is 0 Å². The molecule has 0 unspecified atom stereocenters. The lowest BCUT2D eigenvalue weighted by atomic mass is 10.1. The lowest BCUT2D eigenvalue weighted by molar-refractivity contribution is 0.424. The number of nitrogens with zero attached hydrogens (tertiary/aromatic N) is 3. The molecule has 0 aromatic heterocycles. The fourth-order valence-corrected chi connectivity index (χ4v) is 3.24. The maximum Gasteiger partial charge on any atom is 0.172 e. The van der Waals surface area contributed by atoms with Crippen molar-refractivity contribution >= 4 is 41.4 Å². The highest BCUT2D eigenvalue weighted by atomic mass is 35.5. The molecule has 0 radical (unpaired) electrons. The monoisotopic (exact) mass is 392 g/mol. The molecule has 2 aliphatic rings. The van der Waals surface area contributed by atoms with Gasteiger partial charge in [0.05, 0.1) is 5.03 Å². The second kappa shape index (κ2) is 8.58. The summed E-state index contributed by atoms with van der Waals surface area (Å²) >= 11 is 12.3. The predicted molar refractivity (Wildman–Crippen MR) is 110 cm³/mol. The van der Waals surface area contributed by atoms with E-state index in [0.29, 0.717) is 27.7 Å². The highest BCUT2D eigenvalue weighted by molar-refractivity contribution is 6.30. The van der Waals surface area contributed by atoms with Crippen molar-refractivity contribution in [3.05, 3.63) is 52.0 Å². The first-order chi connectivity index (χ1) is 12.6. The van der Waals surface area contributed by atoms with Crippen LogP contribution in [0.1, 0.15) is 19.8 Å². The third kappa shape index (κ3) is 4.58. The SMILES string of the molecule is C=NN1C(Nc2cccc(Cl)c2)=CC(N[C@H]2CCCNC2)=N/C1=C(/C)Cl. The van der Waals surface area contributed by atoms with Crippen molar-refractivity contribution < 1.29 is 0 Å². The van der Waals surface area contributed by atoms with Crippen LogP contribution in [0.5, 0.6) is 0 Å². The summed E-state index contributed by atoms with van der Waals surface area (Å²) in [6.45, 7) is 7.39. The number of hydrazone groups is 1. The average Bonchev–Trinajstić information content (AvgIpc) is 2.62. The van der Waals surface area contributed by atoms with Gasteiger partial charge in [0.2, 0.25) is 0 Å². The van der Waals surface area contributed by atoms with E-state index in [2.05, 4.69) is 32.8 Å². The van der Waals surface area contributed by atoms with Crippen LogP contribution in [-0.2, 0) is 0 Å². The molecule has 6 nitrogen and oxygen atoms in total. The topological polar surface area (TPSA) is 64.0 Å². The van der Waals surface area contributed by atoms with E-state index in [1.165, 1.54) is 0 Å². The fourth-order valence-electron chi connectivity index (χ4n) is 2.93. The van der Waals surface area contributed by atoms with Crippen LogP contribution >= 0.6 is 23.2 Å². The molecule has 3 N–H and O–H groups in total. The molecule has 0 bridgehead atoms. The van der Waals surface area contributed by atoms with E-state index in [9.17, 15) is 0 Å². The van der Waals surface area contributed by atoms with Gasteiger partial charge in [0.1, 0.15) is 11.7 Å². The largest absolute Gasteiger partial charge is 0.366 e. The third-order valence-electron chi connectivity index (χ3n) is 4.12. The van der Waals surface area contributed by atoms with Gasteiger partial charge in [-0.2, -0.15) is 10.1 Å². The summed E-state index contributed by atoms with van der Waals surface area (Å²) in [4.78, 5) is 4.61. The number of anilines is 1. The van der Waals surface area contributed by atoms with Crippen LogP contribution in [0.4, 0.5) is 5.69 Å². The zero-order valence-corrected chi connectivity index (χ0v) is 16.1. The summed E-state index contributed by atoms with van der Waals surface area (Å²) < 4.78 is 0. The minimum atomic E-state index is 0.325. The van der Waals surface area contributed by atoms with E-state index in [1.807, 2.05) is 30.3 Å². The van der Waals surface area contributed by atoms with Crippen LogP contribution in [0.2, 0.25) is 5.02 Å². The Bertz CT molecular complexity index is 761. The minimum Gasteiger partial charge on any atom is -0.366 e. The molecule has 0 spiro atoms. The number of allylic oxidation sites excluding steroid dienone is 1. The van der Waals surface area contributed by atoms with Crippen molar-refractivity contribution in [2.24, 2.45) is 10.1 Å². The molecule has 138 valence electrons. The van der Waals surface area contributed by atoms with Gasteiger partial charge in [0, 0.05) is 36.1 Å². The van der Waals surface area contributed by atoms with Crippen LogP contribution in [0, 0.1) is 0 Å². The van der Waals surface area contributed by atoms with Crippen LogP contribution in [-0.4, -0.2) is 36.7 Å². The Morgan fingerprint density at radius 1 is 1.46 bits per heavy atom. The van der Waals surface area contributed by atoms with Crippen LogP contribution in [0.15, 0.2) is 57.1 Å². The van der Waals surface area contributed by atoms with E-state index in [0.717, 1.165) is 37.5 Å². The van der Waals surface area contributed by atoms with Gasteiger partial charge in [-0.15, -0.1) is 0 Å². The fraction of sp³-hybridized carbons (Fsp3) is 0.333. The molecular formula is C18H22Cl2N6. The zero-order valence-electron chi connectivity index (χ0n) is 14.6. The first kappa shape index (κ1) is 18.8. The first-order valence-corrected chi connectivity index (χ1v) is 9.26. The van der Waals surface area contributed by atoms with Crippen molar-refractivity contribution in [1.29, 1.82) is 0 Å². The second-order valence-electron chi connectivity index (χ2n) is 6.16. The molecule has 1 aromatic carbocycles. The lowest BCUT2D eigenvalue weighted by Crippen LogP contribution is -2.46. The minimum absolute atomic E-state index is 0.325. The van der Waals surface area contributed by atoms with Crippen molar-refractivity contribution in [3.8, 4) is 0 Å². The van der Waals surface area contributed by atoms with E-state index in [1.54, 1.807) is 11.9 Å². The van der Waals surface area contributed by atoms with Crippen molar-refractivity contribution in [1.82, 2.24) is 15.6 Å². The number of aliphatic imine (C=N–C) groups is 1. The van der Waals surface area contributed by atoms with Gasteiger partial charge >= 0.3 is 0 Å². The molecule has 0 aliphatic carbocycles. The van der Waals surface area contributed by atoms with Crippen molar-refractivity contribution in [2.75, 3.05) is 18.4 Å². The smallest absolute Gasteiger partial charge is 0.172 e. The summed E-state index contributed by atoms with van der Waals surface area (Å²) in [6.07, 6.45) is 4.13. The zero-order chi connectivity index (χ0) is 18.5. The molecule has 0 amide bonds. The summed E-state index contributed by atoms with van der Waals surface area (Å²) in [7, 11) is 0. The summed E-state index contributed by atoms with van der Waals surface area (Å²) in [5.74, 6) is 1.96. The predicted octanol–water partition coefficient (Wildman–Crippen LogP) is 3.69. The maximum absolute atomic E-state index is 6.26. The molecule has 2 aliphatic heterocycles. The number of nitrogens with one attached hydrogen (secondary N) is 3. The molecular weight excluding hydrogens is 371 g/mol. The Labute approximate surface area is 163 Å². The van der Waals surface area contributed by atoms with Crippen molar-refractivity contribution in [3.63, 3.8) is 0 Å². The van der Waals surface area contributed by atoms with Crippen LogP contribution < -0.4 is 16.0 Å². The Balaban J connectivity index is 1.89. The maximum atomic E-state index is 6.26. The van der Waals surface area contributed by atoms with E-state index in [4.69, 9.17) is 23.2 Å². The highest BCUT2D eigenvalue weighted by Gasteiger charge is 2.23. The lowest BCUT2D eigenvalue weighted by Gasteiger charge is -2.30. The van der Waals surface area contributed by atoms with E-state index >= 15 is 0 Å². The molecule has 1 atom stereocenters. The van der Waals surface area contributed by atoms with Gasteiger partial charge in [0.25, 0.3) is 0 Å². The van der Waals surface area contributed by atoms with Gasteiger partial charge in [-0.3, -0.25) is 0 Å². The van der Waals surface area contributed by atoms with E-state index < -0.39 is 0 Å². The highest BCUT2D eigenvalue weighted by Crippen LogP contribution is 2.26. The molecule has 26 heavy (non-hydrogen) atoms. The third-order valence-corrected chi connectivity index (χ3v) is 4.53. The number of benzene rings is 1. The molecule has 1 saturated heterocycles. The molecule has 1 aromatic rings. The summed E-state index contributed by atoms with van der Waals surface area (Å²) in [6, 6.07) is 7.79. The summed E-state index contributed by atoms with van der Waals surface area (Å²) in [5.41, 5.74) is 0.838. The number of amidine groups is 1. The quantitative estimate of drug-likeness (QED) is 0.683. The molecule has 3 rings (SSSR count). The number of piperidine rings is 1. The number of halogens is 2. The number of rotatable bonds is 4. The van der Waals surface area contributed by atoms with Crippen molar-refractivity contribution in [2.45, 2.75) is 25.8 Å². The first-order valence-electron chi connectivity index (χ1n) is 8.50. The van der Waals surface area contributed by atoms with Gasteiger partial charge in [-0.05, 0) is 44.5 Å². The normalized spacial score (nSPS) is 22.3. The molecule has 2 heterocycles. The van der Waals surface area contributed by atoms with Crippen LogP contribution in [0.3, 0.4) is 0 Å². The van der Waals surface area contributed by atoms with Crippen LogP contribution in [0.25, 0.3) is 0 Å².